The van der Waals surface area contributed by atoms with E-state index in [1.807, 2.05) is 20.8 Å². The Kier molecular flexibility index (Phi) is 9.27. The highest BCUT2D eigenvalue weighted by atomic mass is 16.6. The average Bonchev–Trinajstić information content (AvgIpc) is 2.28. The molecule has 0 aromatic rings. The van der Waals surface area contributed by atoms with Gasteiger partial charge in [0.1, 0.15) is 11.4 Å². The normalized spacial score (nSPS) is 11.2. The highest BCUT2D eigenvalue weighted by molar-refractivity contribution is 5.78. The van der Waals surface area contributed by atoms with Gasteiger partial charge in [0.15, 0.2) is 0 Å². The quantitative estimate of drug-likeness (QED) is 0.648. The second-order valence-corrected chi connectivity index (χ2v) is 5.88. The zero-order valence-corrected chi connectivity index (χ0v) is 12.9. The molecule has 0 spiro atoms. The van der Waals surface area contributed by atoms with E-state index in [0.717, 1.165) is 12.8 Å². The molecule has 0 heterocycles. The lowest BCUT2D eigenvalue weighted by Crippen LogP contribution is -2.33. The topological polar surface area (TPSA) is 55.4 Å². The van der Waals surface area contributed by atoms with E-state index in [1.54, 1.807) is 0 Å². The van der Waals surface area contributed by atoms with Crippen LogP contribution in [0.3, 0.4) is 0 Å². The van der Waals surface area contributed by atoms with E-state index in [0.29, 0.717) is 31.6 Å². The molecule has 4 heteroatoms. The first kappa shape index (κ1) is 17.9. The number of alkyl carbamates (subject to hydrolysis) is 1. The SMILES string of the molecule is CCCCCCC(=O)CCCNC(=O)OC(C)(C)C. The maximum Gasteiger partial charge on any atom is 0.407 e. The van der Waals surface area contributed by atoms with Crippen molar-refractivity contribution < 1.29 is 14.3 Å². The third-order valence-electron chi connectivity index (χ3n) is 2.61. The van der Waals surface area contributed by atoms with Crippen molar-refractivity contribution in [3.63, 3.8) is 0 Å². The van der Waals surface area contributed by atoms with Gasteiger partial charge in [0.2, 0.25) is 0 Å². The predicted molar refractivity (Wildman–Crippen MR) is 77.2 cm³/mol. The van der Waals surface area contributed by atoms with E-state index >= 15 is 0 Å². The lowest BCUT2D eigenvalue weighted by atomic mass is 10.1. The number of rotatable bonds is 9. The summed E-state index contributed by atoms with van der Waals surface area (Å²) in [6.45, 7) is 8.13. The van der Waals surface area contributed by atoms with Crippen LogP contribution in [0.1, 0.15) is 72.6 Å². The van der Waals surface area contributed by atoms with Crippen molar-refractivity contribution in [3.8, 4) is 0 Å². The molecular weight excluding hydrogens is 242 g/mol. The van der Waals surface area contributed by atoms with Crippen molar-refractivity contribution >= 4 is 11.9 Å². The number of ketones is 1. The van der Waals surface area contributed by atoms with Gasteiger partial charge in [-0.1, -0.05) is 26.2 Å². The smallest absolute Gasteiger partial charge is 0.407 e. The zero-order valence-electron chi connectivity index (χ0n) is 12.9. The first-order chi connectivity index (χ1) is 8.85. The largest absolute Gasteiger partial charge is 0.444 e. The van der Waals surface area contributed by atoms with Crippen molar-refractivity contribution in [1.82, 2.24) is 5.32 Å². The number of amides is 1. The zero-order chi connectivity index (χ0) is 14.7. The summed E-state index contributed by atoms with van der Waals surface area (Å²) in [5.74, 6) is 0.294. The standard InChI is InChI=1S/C15H29NO3/c1-5-6-7-8-10-13(17)11-9-12-16-14(18)19-15(2,3)4/h5-12H2,1-4H3,(H,16,18). The molecule has 1 N–H and O–H groups in total. The Morgan fingerprint density at radius 1 is 1.00 bits per heavy atom. The Hall–Kier alpha value is -1.06. The van der Waals surface area contributed by atoms with Gasteiger partial charge in [0.25, 0.3) is 0 Å². The van der Waals surface area contributed by atoms with Crippen molar-refractivity contribution in [1.29, 1.82) is 0 Å². The van der Waals surface area contributed by atoms with Crippen molar-refractivity contribution in [2.45, 2.75) is 78.2 Å². The monoisotopic (exact) mass is 271 g/mol. The van der Waals surface area contributed by atoms with Crippen LogP contribution in [0.4, 0.5) is 4.79 Å². The molecule has 19 heavy (non-hydrogen) atoms. The first-order valence-electron chi connectivity index (χ1n) is 7.33. The van der Waals surface area contributed by atoms with E-state index in [9.17, 15) is 9.59 Å². The molecule has 0 rings (SSSR count). The van der Waals surface area contributed by atoms with E-state index in [4.69, 9.17) is 4.74 Å². The van der Waals surface area contributed by atoms with Crippen molar-refractivity contribution in [2.24, 2.45) is 0 Å². The van der Waals surface area contributed by atoms with Crippen LogP contribution in [-0.4, -0.2) is 24.0 Å². The highest BCUT2D eigenvalue weighted by Gasteiger charge is 2.15. The van der Waals surface area contributed by atoms with Crippen LogP contribution in [0.5, 0.6) is 0 Å². The summed E-state index contributed by atoms with van der Waals surface area (Å²) < 4.78 is 5.10. The van der Waals surface area contributed by atoms with Crippen LogP contribution >= 0.6 is 0 Å². The summed E-state index contributed by atoms with van der Waals surface area (Å²) >= 11 is 0. The van der Waals surface area contributed by atoms with E-state index in [1.165, 1.54) is 12.8 Å². The second kappa shape index (κ2) is 9.82. The number of hydrogen-bond acceptors (Lipinski definition) is 3. The summed E-state index contributed by atoms with van der Waals surface area (Å²) in [4.78, 5) is 22.9. The summed E-state index contributed by atoms with van der Waals surface area (Å²) in [5.41, 5.74) is -0.473. The predicted octanol–water partition coefficient (Wildman–Crippen LogP) is 3.83. The molecule has 0 aliphatic rings. The minimum atomic E-state index is -0.473. The van der Waals surface area contributed by atoms with E-state index < -0.39 is 11.7 Å². The van der Waals surface area contributed by atoms with Crippen molar-refractivity contribution in [2.75, 3.05) is 6.54 Å². The van der Waals surface area contributed by atoms with E-state index in [-0.39, 0.29) is 0 Å². The summed E-state index contributed by atoms with van der Waals surface area (Å²) in [7, 11) is 0. The van der Waals surface area contributed by atoms with Gasteiger partial charge in [-0.05, 0) is 33.6 Å². The molecule has 4 nitrogen and oxygen atoms in total. The number of carbonyl (C=O) groups is 2. The summed E-state index contributed by atoms with van der Waals surface area (Å²) in [6.07, 6.45) is 6.01. The maximum absolute atomic E-state index is 11.5. The van der Waals surface area contributed by atoms with Crippen LogP contribution in [0, 0.1) is 0 Å². The molecule has 0 aliphatic heterocycles. The molecule has 0 fully saturated rings. The van der Waals surface area contributed by atoms with Crippen LogP contribution in [0.25, 0.3) is 0 Å². The van der Waals surface area contributed by atoms with Crippen molar-refractivity contribution in [3.05, 3.63) is 0 Å². The highest BCUT2D eigenvalue weighted by Crippen LogP contribution is 2.07. The molecule has 0 saturated carbocycles. The van der Waals surface area contributed by atoms with Gasteiger partial charge in [-0.2, -0.15) is 0 Å². The summed E-state index contributed by atoms with van der Waals surface area (Å²) in [5, 5.41) is 2.66. The van der Waals surface area contributed by atoms with Gasteiger partial charge in [0, 0.05) is 19.4 Å². The molecule has 0 aromatic carbocycles. The van der Waals surface area contributed by atoms with E-state index in [2.05, 4.69) is 12.2 Å². The minimum absolute atomic E-state index is 0.294. The lowest BCUT2D eigenvalue weighted by Gasteiger charge is -2.19. The molecule has 112 valence electrons. The number of Topliss-reactive ketones (excluding diaryl/α,β-unsaturated/α-hetero) is 1. The number of nitrogens with one attached hydrogen (secondary N) is 1. The lowest BCUT2D eigenvalue weighted by molar-refractivity contribution is -0.119. The van der Waals surface area contributed by atoms with Gasteiger partial charge in [-0.25, -0.2) is 4.79 Å². The van der Waals surface area contributed by atoms with Crippen LogP contribution < -0.4 is 5.32 Å². The Morgan fingerprint density at radius 2 is 1.63 bits per heavy atom. The maximum atomic E-state index is 11.5. The Balaban J connectivity index is 3.48. The van der Waals surface area contributed by atoms with Gasteiger partial charge in [-0.3, -0.25) is 4.79 Å². The molecule has 0 aliphatic carbocycles. The molecule has 0 atom stereocenters. The molecule has 0 aromatic heterocycles. The molecule has 0 saturated heterocycles. The van der Waals surface area contributed by atoms with Gasteiger partial charge in [-0.15, -0.1) is 0 Å². The Bertz CT molecular complexity index is 269. The fourth-order valence-electron chi connectivity index (χ4n) is 1.66. The van der Waals surface area contributed by atoms with Gasteiger partial charge in [0.05, 0.1) is 0 Å². The van der Waals surface area contributed by atoms with Crippen LogP contribution in [-0.2, 0) is 9.53 Å². The number of hydrogen-bond donors (Lipinski definition) is 1. The summed E-state index contributed by atoms with van der Waals surface area (Å²) in [6, 6.07) is 0. The fraction of sp³-hybridized carbons (Fsp3) is 0.867. The first-order valence-corrected chi connectivity index (χ1v) is 7.33. The third kappa shape index (κ3) is 13.2. The molecule has 0 radical (unpaired) electrons. The molecule has 1 amide bonds. The van der Waals surface area contributed by atoms with Gasteiger partial charge < -0.3 is 10.1 Å². The minimum Gasteiger partial charge on any atom is -0.444 e. The Morgan fingerprint density at radius 3 is 2.21 bits per heavy atom. The number of unbranched alkanes of at least 4 members (excludes halogenated alkanes) is 3. The molecule has 0 bridgehead atoms. The molecular formula is C15H29NO3. The Labute approximate surface area is 117 Å². The third-order valence-corrected chi connectivity index (χ3v) is 2.61. The van der Waals surface area contributed by atoms with Crippen LogP contribution in [0.2, 0.25) is 0 Å². The fourth-order valence-corrected chi connectivity index (χ4v) is 1.66. The van der Waals surface area contributed by atoms with Crippen LogP contribution in [0.15, 0.2) is 0 Å². The second-order valence-electron chi connectivity index (χ2n) is 5.88. The average molecular weight is 271 g/mol. The molecule has 0 unspecified atom stereocenters. The van der Waals surface area contributed by atoms with Gasteiger partial charge >= 0.3 is 6.09 Å². The number of carbonyl (C=O) groups excluding carboxylic acids is 2. The number of ether oxygens (including phenoxy) is 1.